The van der Waals surface area contributed by atoms with E-state index in [2.05, 4.69) is 17.0 Å². The van der Waals surface area contributed by atoms with Crippen molar-refractivity contribution in [3.05, 3.63) is 96.7 Å². The molecule has 36 heavy (non-hydrogen) atoms. The molecule has 0 atom stereocenters. The molecule has 0 bridgehead atoms. The highest BCUT2D eigenvalue weighted by molar-refractivity contribution is 7.15. The van der Waals surface area contributed by atoms with Crippen LogP contribution in [0, 0.1) is 0 Å². The smallest absolute Gasteiger partial charge is 0.291 e. The second kappa shape index (κ2) is 10.7. The summed E-state index contributed by atoms with van der Waals surface area (Å²) in [5, 5.41) is 5.43. The highest BCUT2D eigenvalue weighted by Crippen LogP contribution is 2.32. The van der Waals surface area contributed by atoms with Crippen LogP contribution in [0.2, 0.25) is 10.0 Å². The Balaban J connectivity index is 1.33. The van der Waals surface area contributed by atoms with Crippen LogP contribution in [0.3, 0.4) is 0 Å². The van der Waals surface area contributed by atoms with E-state index in [0.717, 1.165) is 30.8 Å². The number of aromatic nitrogens is 3. The fourth-order valence-corrected chi connectivity index (χ4v) is 4.77. The summed E-state index contributed by atoms with van der Waals surface area (Å²) in [7, 11) is 0. The number of furan rings is 1. The lowest BCUT2D eigenvalue weighted by molar-refractivity contribution is 0.309. The first-order chi connectivity index (χ1) is 17.5. The van der Waals surface area contributed by atoms with Crippen LogP contribution in [0.15, 0.2) is 63.8 Å². The summed E-state index contributed by atoms with van der Waals surface area (Å²) in [6, 6.07) is 16.5. The number of thiazole rings is 1. The van der Waals surface area contributed by atoms with Gasteiger partial charge in [-0.2, -0.15) is 9.50 Å². The van der Waals surface area contributed by atoms with Gasteiger partial charge in [-0.3, -0.25) is 4.79 Å². The molecule has 0 aliphatic heterocycles. The average Bonchev–Trinajstić information content (AvgIpc) is 3.57. The van der Waals surface area contributed by atoms with Crippen molar-refractivity contribution in [2.24, 2.45) is 0 Å². The van der Waals surface area contributed by atoms with Crippen LogP contribution >= 0.6 is 34.5 Å². The first kappa shape index (κ1) is 24.3. The van der Waals surface area contributed by atoms with E-state index in [-0.39, 0.29) is 5.56 Å². The molecule has 5 aromatic rings. The lowest BCUT2D eigenvalue weighted by atomic mass is 10.2. The maximum absolute atomic E-state index is 12.9. The van der Waals surface area contributed by atoms with Gasteiger partial charge in [0.25, 0.3) is 5.56 Å². The van der Waals surface area contributed by atoms with Crippen LogP contribution < -0.4 is 14.8 Å². The molecule has 0 unspecified atom stereocenters. The van der Waals surface area contributed by atoms with Gasteiger partial charge in [-0.25, -0.2) is 0 Å². The molecule has 9 heteroatoms. The second-order valence-corrected chi connectivity index (χ2v) is 9.86. The van der Waals surface area contributed by atoms with Gasteiger partial charge in [-0.05, 0) is 60.5 Å². The predicted octanol–water partition coefficient (Wildman–Crippen LogP) is 6.61. The van der Waals surface area contributed by atoms with Crippen LogP contribution in [0.1, 0.15) is 36.9 Å². The zero-order valence-corrected chi connectivity index (χ0v) is 21.6. The number of fused-ring (bicyclic) bond motifs is 1. The van der Waals surface area contributed by atoms with Crippen LogP contribution in [-0.2, 0) is 0 Å². The van der Waals surface area contributed by atoms with Crippen molar-refractivity contribution in [2.45, 2.75) is 19.8 Å². The molecular weight excluding hydrogens is 517 g/mol. The topological polar surface area (TPSA) is 69.6 Å². The molecule has 0 saturated heterocycles. The Morgan fingerprint density at radius 2 is 1.92 bits per heavy atom. The van der Waals surface area contributed by atoms with Gasteiger partial charge in [-0.1, -0.05) is 66.1 Å². The van der Waals surface area contributed by atoms with Crippen molar-refractivity contribution in [2.75, 3.05) is 6.61 Å². The van der Waals surface area contributed by atoms with Gasteiger partial charge in [0.1, 0.15) is 21.8 Å². The number of halogens is 2. The van der Waals surface area contributed by atoms with E-state index in [1.807, 2.05) is 30.3 Å². The summed E-state index contributed by atoms with van der Waals surface area (Å²) in [5.74, 6) is 2.39. The number of hydrogen-bond acceptors (Lipinski definition) is 6. The van der Waals surface area contributed by atoms with E-state index in [4.69, 9.17) is 32.4 Å². The summed E-state index contributed by atoms with van der Waals surface area (Å²) in [4.78, 5) is 17.8. The minimum absolute atomic E-state index is 0.255. The molecule has 6 nitrogen and oxygen atoms in total. The number of nitrogens with zero attached hydrogens (tertiary/aromatic N) is 3. The first-order valence-corrected chi connectivity index (χ1v) is 12.9. The van der Waals surface area contributed by atoms with E-state index in [1.165, 1.54) is 15.9 Å². The van der Waals surface area contributed by atoms with E-state index in [9.17, 15) is 4.79 Å². The molecule has 0 N–H and O–H groups in total. The summed E-state index contributed by atoms with van der Waals surface area (Å²) >= 11 is 13.6. The van der Waals surface area contributed by atoms with Crippen molar-refractivity contribution < 1.29 is 9.15 Å². The van der Waals surface area contributed by atoms with Crippen LogP contribution in [0.5, 0.6) is 5.75 Å². The minimum atomic E-state index is -0.255. The van der Waals surface area contributed by atoms with Crippen LogP contribution in [-0.4, -0.2) is 21.2 Å². The molecule has 0 fully saturated rings. The highest BCUT2D eigenvalue weighted by atomic mass is 35.5. The molecule has 0 amide bonds. The third-order valence-electron chi connectivity index (χ3n) is 5.36. The first-order valence-electron chi connectivity index (χ1n) is 11.4. The van der Waals surface area contributed by atoms with E-state index in [0.29, 0.717) is 42.4 Å². The Morgan fingerprint density at radius 3 is 2.69 bits per heavy atom. The Bertz CT molecular complexity index is 1650. The lowest BCUT2D eigenvalue weighted by Gasteiger charge is -2.04. The Morgan fingerprint density at radius 1 is 1.08 bits per heavy atom. The van der Waals surface area contributed by atoms with Crippen molar-refractivity contribution in [3.63, 3.8) is 0 Å². The number of hydrogen-bond donors (Lipinski definition) is 0. The van der Waals surface area contributed by atoms with Crippen LogP contribution in [0.25, 0.3) is 34.5 Å². The molecule has 5 rings (SSSR count). The standard InChI is InChI=1S/C27H21Cl2N3O3S/c1-2-3-14-34-19-8-4-17(5-9-19)6-13-25-30-27-32(31-25)26(33)24(36-27)16-20-10-12-23(35-20)21-15-18(28)7-11-22(21)29/h4-13,15-16H,2-3,14H2,1H3/b13-6+,24-16-. The predicted molar refractivity (Wildman–Crippen MR) is 146 cm³/mol. The largest absolute Gasteiger partial charge is 0.494 e. The van der Waals surface area contributed by atoms with Gasteiger partial charge in [0.15, 0.2) is 5.82 Å². The molecule has 0 aliphatic rings. The molecular formula is C27H21Cl2N3O3S. The lowest BCUT2D eigenvalue weighted by Crippen LogP contribution is -2.23. The number of rotatable bonds is 8. The van der Waals surface area contributed by atoms with Crippen molar-refractivity contribution >= 4 is 57.7 Å². The number of ether oxygens (including phenoxy) is 1. The van der Waals surface area contributed by atoms with Gasteiger partial charge in [0.2, 0.25) is 4.96 Å². The fourth-order valence-electron chi connectivity index (χ4n) is 3.49. The Labute approximate surface area is 221 Å². The maximum atomic E-state index is 12.9. The summed E-state index contributed by atoms with van der Waals surface area (Å²) in [6.07, 6.45) is 7.49. The second-order valence-electron chi connectivity index (χ2n) is 8.01. The van der Waals surface area contributed by atoms with Gasteiger partial charge in [0, 0.05) is 16.7 Å². The van der Waals surface area contributed by atoms with E-state index in [1.54, 1.807) is 42.5 Å². The third kappa shape index (κ3) is 5.38. The summed E-state index contributed by atoms with van der Waals surface area (Å²) in [6.45, 7) is 2.85. The zero-order chi connectivity index (χ0) is 25.1. The summed E-state index contributed by atoms with van der Waals surface area (Å²) < 4.78 is 13.3. The Kier molecular flexibility index (Phi) is 7.23. The monoisotopic (exact) mass is 537 g/mol. The third-order valence-corrected chi connectivity index (χ3v) is 6.89. The minimum Gasteiger partial charge on any atom is -0.494 e. The normalized spacial score (nSPS) is 12.2. The zero-order valence-electron chi connectivity index (χ0n) is 19.3. The molecule has 2 aromatic carbocycles. The van der Waals surface area contributed by atoms with Gasteiger partial charge in [0.05, 0.1) is 11.6 Å². The number of benzene rings is 2. The highest BCUT2D eigenvalue weighted by Gasteiger charge is 2.12. The van der Waals surface area contributed by atoms with E-state index < -0.39 is 0 Å². The van der Waals surface area contributed by atoms with Gasteiger partial charge < -0.3 is 9.15 Å². The SMILES string of the molecule is CCCCOc1ccc(/C=C/c2nc3s/c(=C\c4ccc(-c5cc(Cl)ccc5Cl)o4)c(=O)n3n2)cc1. The number of unbranched alkanes of at least 4 members (excludes halogenated alkanes) is 1. The maximum Gasteiger partial charge on any atom is 0.291 e. The van der Waals surface area contributed by atoms with Gasteiger partial charge in [-0.15, -0.1) is 5.10 Å². The van der Waals surface area contributed by atoms with Crippen molar-refractivity contribution in [1.29, 1.82) is 0 Å². The molecule has 0 saturated carbocycles. The Hall–Kier alpha value is -3.39. The summed E-state index contributed by atoms with van der Waals surface area (Å²) in [5.41, 5.74) is 1.42. The quantitative estimate of drug-likeness (QED) is 0.208. The average molecular weight is 538 g/mol. The molecule has 0 aliphatic carbocycles. The van der Waals surface area contributed by atoms with Gasteiger partial charge >= 0.3 is 0 Å². The molecule has 0 spiro atoms. The van der Waals surface area contributed by atoms with Crippen LogP contribution in [0.4, 0.5) is 0 Å². The molecule has 0 radical (unpaired) electrons. The van der Waals surface area contributed by atoms with E-state index >= 15 is 0 Å². The molecule has 3 heterocycles. The molecule has 182 valence electrons. The van der Waals surface area contributed by atoms with Crippen molar-refractivity contribution in [1.82, 2.24) is 14.6 Å². The molecule has 3 aromatic heterocycles. The van der Waals surface area contributed by atoms with Crippen molar-refractivity contribution in [3.8, 4) is 17.1 Å². The fraction of sp³-hybridized carbons (Fsp3) is 0.148.